The fraction of sp³-hybridized carbons (Fsp3) is 0.154. The molecule has 7 nitrogen and oxygen atoms in total. The van der Waals surface area contributed by atoms with E-state index < -0.39 is 40.5 Å². The lowest BCUT2D eigenvalue weighted by Crippen LogP contribution is -2.20. The molecule has 0 amide bonds. The molecule has 4 aromatic rings. The minimum absolute atomic E-state index is 0.0959. The van der Waals surface area contributed by atoms with Crippen LogP contribution in [-0.4, -0.2) is 39.3 Å². The number of nitrogens with zero attached hydrogens (tertiary/aromatic N) is 2. The van der Waals surface area contributed by atoms with Crippen molar-refractivity contribution in [3.05, 3.63) is 87.5 Å². The van der Waals surface area contributed by atoms with Gasteiger partial charge in [-0.2, -0.15) is 8.78 Å². The maximum Gasteiger partial charge on any atom is 0.387 e. The van der Waals surface area contributed by atoms with Crippen LogP contribution in [0.4, 0.5) is 13.2 Å². The van der Waals surface area contributed by atoms with Crippen molar-refractivity contribution in [1.82, 2.24) is 9.47 Å². The summed E-state index contributed by atoms with van der Waals surface area (Å²) in [5.74, 6) is -3.28. The van der Waals surface area contributed by atoms with Gasteiger partial charge in [-0.1, -0.05) is 12.1 Å². The largest absolute Gasteiger partial charge is 0.508 e. The van der Waals surface area contributed by atoms with E-state index in [1.54, 1.807) is 18.2 Å². The zero-order valence-corrected chi connectivity index (χ0v) is 18.8. The number of carboxylic acids is 1. The minimum atomic E-state index is -3.36. The first kappa shape index (κ1) is 23.4. The lowest BCUT2D eigenvalue weighted by Gasteiger charge is -2.20. The summed E-state index contributed by atoms with van der Waals surface area (Å²) in [6, 6.07) is 11.3. The van der Waals surface area contributed by atoms with E-state index in [0.29, 0.717) is 13.1 Å². The molecule has 0 atom stereocenters. The van der Waals surface area contributed by atoms with Crippen molar-refractivity contribution < 1.29 is 32.9 Å². The molecule has 3 aromatic carbocycles. The molecular weight excluding hydrogens is 477 g/mol. The number of carbonyl (C=O) groups is 1. The average molecular weight is 496 g/mol. The first-order valence-corrected chi connectivity index (χ1v) is 10.8. The Labute approximate surface area is 202 Å². The number of fused-ring (bicyclic) bond motifs is 2. The third kappa shape index (κ3) is 3.95. The number of halogens is 3. The fourth-order valence-corrected chi connectivity index (χ4v) is 4.59. The van der Waals surface area contributed by atoms with Crippen LogP contribution in [-0.2, 0) is 13.1 Å². The van der Waals surface area contributed by atoms with Gasteiger partial charge in [-0.05, 0) is 60.1 Å². The standard InChI is InChI=1S/C26H19F3N2O5/c1-30-10-14-3-2-13(8-15(14)11-30)21-20(27)9-18-22(24(21)36-26(28)29)31(12-19(23(18)33)25(34)35)16-4-6-17(32)7-5-16/h2-9,12,26,32H,10-11H2,1H3,(H,34,35). The number of phenols is 1. The van der Waals surface area contributed by atoms with E-state index >= 15 is 4.39 Å². The highest BCUT2D eigenvalue weighted by Crippen LogP contribution is 2.41. The van der Waals surface area contributed by atoms with Gasteiger partial charge in [-0.3, -0.25) is 9.69 Å². The maximum atomic E-state index is 15.6. The van der Waals surface area contributed by atoms with E-state index in [0.717, 1.165) is 23.4 Å². The van der Waals surface area contributed by atoms with Gasteiger partial charge >= 0.3 is 12.6 Å². The number of hydrogen-bond donors (Lipinski definition) is 2. The lowest BCUT2D eigenvalue weighted by molar-refractivity contribution is -0.0487. The van der Waals surface area contributed by atoms with Crippen molar-refractivity contribution in [1.29, 1.82) is 0 Å². The van der Waals surface area contributed by atoms with Crippen molar-refractivity contribution in [3.8, 4) is 28.3 Å². The van der Waals surface area contributed by atoms with Gasteiger partial charge in [0.25, 0.3) is 0 Å². The highest BCUT2D eigenvalue weighted by molar-refractivity contribution is 5.98. The number of phenolic OH excluding ortho intramolecular Hbond substituents is 1. The van der Waals surface area contributed by atoms with E-state index in [4.69, 9.17) is 4.74 Å². The normalized spacial score (nSPS) is 13.4. The quantitative estimate of drug-likeness (QED) is 0.415. The monoisotopic (exact) mass is 496 g/mol. The second kappa shape index (κ2) is 8.72. The van der Waals surface area contributed by atoms with Gasteiger partial charge in [0.2, 0.25) is 5.43 Å². The molecule has 0 aliphatic carbocycles. The third-order valence-electron chi connectivity index (χ3n) is 6.14. The number of alkyl halides is 2. The number of pyridine rings is 1. The number of hydrogen-bond acceptors (Lipinski definition) is 5. The Morgan fingerprint density at radius 2 is 1.75 bits per heavy atom. The third-order valence-corrected chi connectivity index (χ3v) is 6.14. The molecular formula is C26H19F3N2O5. The molecule has 2 heterocycles. The maximum absolute atomic E-state index is 15.6. The molecule has 2 N–H and O–H groups in total. The second-order valence-corrected chi connectivity index (χ2v) is 8.56. The topological polar surface area (TPSA) is 92.0 Å². The predicted molar refractivity (Wildman–Crippen MR) is 125 cm³/mol. The van der Waals surface area contributed by atoms with Gasteiger partial charge in [-0.15, -0.1) is 0 Å². The van der Waals surface area contributed by atoms with Gasteiger partial charge in [0.1, 0.15) is 22.6 Å². The summed E-state index contributed by atoms with van der Waals surface area (Å²) in [4.78, 5) is 26.8. The predicted octanol–water partition coefficient (Wildman–Crippen LogP) is 4.75. The Morgan fingerprint density at radius 3 is 2.42 bits per heavy atom. The zero-order valence-electron chi connectivity index (χ0n) is 18.8. The minimum Gasteiger partial charge on any atom is -0.508 e. The van der Waals surface area contributed by atoms with Crippen molar-refractivity contribution >= 4 is 16.9 Å². The van der Waals surface area contributed by atoms with Gasteiger partial charge in [0, 0.05) is 25.0 Å². The Balaban J connectivity index is 1.90. The van der Waals surface area contributed by atoms with Crippen LogP contribution in [0.3, 0.4) is 0 Å². The number of benzene rings is 3. The molecule has 36 heavy (non-hydrogen) atoms. The van der Waals surface area contributed by atoms with Crippen LogP contribution in [0.15, 0.2) is 59.5 Å². The van der Waals surface area contributed by atoms with Crippen LogP contribution in [0.2, 0.25) is 0 Å². The summed E-state index contributed by atoms with van der Waals surface area (Å²) in [5.41, 5.74) is 0.165. The Morgan fingerprint density at radius 1 is 1.06 bits per heavy atom. The summed E-state index contributed by atoms with van der Waals surface area (Å²) >= 11 is 0. The molecule has 0 bridgehead atoms. The van der Waals surface area contributed by atoms with Gasteiger partial charge in [0.15, 0.2) is 5.75 Å². The highest BCUT2D eigenvalue weighted by Gasteiger charge is 2.27. The average Bonchev–Trinajstić information content (AvgIpc) is 3.19. The zero-order chi connectivity index (χ0) is 25.7. The highest BCUT2D eigenvalue weighted by atomic mass is 19.3. The number of rotatable bonds is 5. The first-order chi connectivity index (χ1) is 17.1. The van der Waals surface area contributed by atoms with E-state index in [2.05, 4.69) is 0 Å². The Kier molecular flexibility index (Phi) is 5.68. The van der Waals surface area contributed by atoms with E-state index in [9.17, 15) is 28.6 Å². The number of ether oxygens (including phenoxy) is 1. The van der Waals surface area contributed by atoms with Gasteiger partial charge in [0.05, 0.1) is 10.9 Å². The van der Waals surface area contributed by atoms with Crippen molar-refractivity contribution in [2.45, 2.75) is 19.7 Å². The second-order valence-electron chi connectivity index (χ2n) is 8.56. The Hall–Kier alpha value is -4.31. The van der Waals surface area contributed by atoms with Crippen LogP contribution in [0.5, 0.6) is 11.5 Å². The van der Waals surface area contributed by atoms with Gasteiger partial charge in [-0.25, -0.2) is 9.18 Å². The molecule has 1 aliphatic rings. The molecule has 1 aromatic heterocycles. The molecule has 0 radical (unpaired) electrons. The van der Waals surface area contributed by atoms with Crippen LogP contribution >= 0.6 is 0 Å². The molecule has 0 spiro atoms. The number of aromatic carboxylic acids is 1. The molecule has 0 saturated carbocycles. The molecule has 0 unspecified atom stereocenters. The van der Waals surface area contributed by atoms with Crippen LogP contribution in [0.25, 0.3) is 27.7 Å². The number of aromatic hydroxyl groups is 1. The lowest BCUT2D eigenvalue weighted by atomic mass is 9.97. The SMILES string of the molecule is CN1Cc2ccc(-c3c(F)cc4c(=O)c(C(=O)O)cn(-c5ccc(O)cc5)c4c3OC(F)F)cc2C1. The Bertz CT molecular complexity index is 1580. The smallest absolute Gasteiger partial charge is 0.387 e. The number of carboxylic acid groups (broad SMARTS) is 1. The van der Waals surface area contributed by atoms with E-state index in [-0.39, 0.29) is 28.1 Å². The van der Waals surface area contributed by atoms with Crippen molar-refractivity contribution in [3.63, 3.8) is 0 Å². The summed E-state index contributed by atoms with van der Waals surface area (Å²) in [6.45, 7) is -2.09. The summed E-state index contributed by atoms with van der Waals surface area (Å²) in [5, 5.41) is 18.8. The van der Waals surface area contributed by atoms with Gasteiger partial charge < -0.3 is 19.5 Å². The van der Waals surface area contributed by atoms with E-state index in [1.807, 2.05) is 11.9 Å². The van der Waals surface area contributed by atoms with E-state index in [1.165, 1.54) is 28.8 Å². The number of aromatic nitrogens is 1. The van der Waals surface area contributed by atoms with Crippen LogP contribution in [0, 0.1) is 5.82 Å². The van der Waals surface area contributed by atoms with Crippen molar-refractivity contribution in [2.75, 3.05) is 7.05 Å². The molecule has 1 aliphatic heterocycles. The molecule has 5 rings (SSSR count). The van der Waals surface area contributed by atoms with Crippen molar-refractivity contribution in [2.24, 2.45) is 0 Å². The summed E-state index contributed by atoms with van der Waals surface area (Å²) in [7, 11) is 1.91. The summed E-state index contributed by atoms with van der Waals surface area (Å²) < 4.78 is 48.9. The molecule has 0 fully saturated rings. The first-order valence-electron chi connectivity index (χ1n) is 10.8. The van der Waals surface area contributed by atoms with Crippen LogP contribution in [0.1, 0.15) is 21.5 Å². The fourth-order valence-electron chi connectivity index (χ4n) is 4.59. The molecule has 0 saturated heterocycles. The molecule has 184 valence electrons. The van der Waals surface area contributed by atoms with Crippen LogP contribution < -0.4 is 10.2 Å². The molecule has 10 heteroatoms. The summed E-state index contributed by atoms with van der Waals surface area (Å²) in [6.07, 6.45) is 0.969.